The Balaban J connectivity index is 1.51. The zero-order valence-electron chi connectivity index (χ0n) is 15.5. The summed E-state index contributed by atoms with van der Waals surface area (Å²) in [5, 5.41) is 4.03. The number of rotatable bonds is 9. The van der Waals surface area contributed by atoms with Crippen molar-refractivity contribution in [1.29, 1.82) is 0 Å². The molecule has 1 N–H and O–H groups in total. The maximum absolute atomic E-state index is 12.3. The van der Waals surface area contributed by atoms with Crippen LogP contribution in [0, 0.1) is 5.92 Å². The number of hydrogen-bond donors (Lipinski definition) is 1. The van der Waals surface area contributed by atoms with E-state index in [0.29, 0.717) is 43.6 Å². The van der Waals surface area contributed by atoms with E-state index < -0.39 is 6.29 Å². The summed E-state index contributed by atoms with van der Waals surface area (Å²) >= 11 is 6.05. The number of nitrogens with one attached hydrogen (secondary N) is 1. The van der Waals surface area contributed by atoms with Crippen molar-refractivity contribution in [3.05, 3.63) is 29.5 Å². The Kier molecular flexibility index (Phi) is 6.82. The van der Waals surface area contributed by atoms with Crippen LogP contribution in [0.2, 0.25) is 5.15 Å². The van der Waals surface area contributed by atoms with Gasteiger partial charge in [-0.2, -0.15) is 0 Å². The van der Waals surface area contributed by atoms with Crippen molar-refractivity contribution in [3.8, 4) is 5.88 Å². The van der Waals surface area contributed by atoms with Crippen LogP contribution in [0.3, 0.4) is 0 Å². The van der Waals surface area contributed by atoms with Crippen LogP contribution >= 0.6 is 11.6 Å². The molecule has 0 radical (unpaired) electrons. The average Bonchev–Trinajstić information content (AvgIpc) is 2.62. The number of carbonyl (C=O) groups excluding carboxylic acids is 1. The van der Waals surface area contributed by atoms with Gasteiger partial charge in [-0.05, 0) is 38.8 Å². The Morgan fingerprint density at radius 2 is 2.07 bits per heavy atom. The summed E-state index contributed by atoms with van der Waals surface area (Å²) in [4.78, 5) is 20.8. The van der Waals surface area contributed by atoms with E-state index in [4.69, 9.17) is 25.8 Å². The highest BCUT2D eigenvalue weighted by molar-refractivity contribution is 6.30. The molecule has 0 spiro atoms. The number of ether oxygens (including phenoxy) is 3. The summed E-state index contributed by atoms with van der Waals surface area (Å²) in [7, 11) is 0. The lowest BCUT2D eigenvalue weighted by Crippen LogP contribution is -2.46. The van der Waals surface area contributed by atoms with Gasteiger partial charge in [0.05, 0.1) is 17.4 Å². The van der Waals surface area contributed by atoms with Gasteiger partial charge in [-0.15, -0.1) is 0 Å². The van der Waals surface area contributed by atoms with Gasteiger partial charge in [0.15, 0.2) is 6.29 Å². The molecule has 0 saturated heterocycles. The van der Waals surface area contributed by atoms with Crippen LogP contribution in [0.15, 0.2) is 24.4 Å². The molecule has 0 aliphatic heterocycles. The quantitative estimate of drug-likeness (QED) is 0.521. The molecule has 0 bridgehead atoms. The van der Waals surface area contributed by atoms with Gasteiger partial charge >= 0.3 is 0 Å². The van der Waals surface area contributed by atoms with E-state index in [1.807, 2.05) is 26.0 Å². The molecular formula is C19H24ClN3O4. The van der Waals surface area contributed by atoms with Crippen molar-refractivity contribution in [2.45, 2.75) is 39.1 Å². The maximum Gasteiger partial charge on any atom is 0.224 e. The third kappa shape index (κ3) is 5.06. The Morgan fingerprint density at radius 3 is 2.78 bits per heavy atom. The third-order valence-electron chi connectivity index (χ3n) is 4.43. The summed E-state index contributed by atoms with van der Waals surface area (Å²) in [6.07, 6.45) is 2.49. The van der Waals surface area contributed by atoms with Gasteiger partial charge in [0.25, 0.3) is 0 Å². The van der Waals surface area contributed by atoms with Gasteiger partial charge in [0.2, 0.25) is 11.8 Å². The second-order valence-corrected chi connectivity index (χ2v) is 6.70. The molecule has 2 aromatic rings. The van der Waals surface area contributed by atoms with Crippen LogP contribution in [0.25, 0.3) is 10.9 Å². The van der Waals surface area contributed by atoms with E-state index in [1.165, 1.54) is 0 Å². The summed E-state index contributed by atoms with van der Waals surface area (Å²) < 4.78 is 16.8. The Morgan fingerprint density at radius 1 is 1.33 bits per heavy atom. The predicted octanol–water partition coefficient (Wildman–Crippen LogP) is 2.96. The van der Waals surface area contributed by atoms with E-state index in [0.717, 1.165) is 10.9 Å². The molecule has 1 fully saturated rings. The van der Waals surface area contributed by atoms with Crippen LogP contribution < -0.4 is 10.1 Å². The van der Waals surface area contributed by atoms with Crippen LogP contribution in [0.1, 0.15) is 26.7 Å². The number of hydrogen-bond acceptors (Lipinski definition) is 6. The molecular weight excluding hydrogens is 370 g/mol. The minimum atomic E-state index is -0.411. The Labute approximate surface area is 163 Å². The zero-order chi connectivity index (χ0) is 19.2. The summed E-state index contributed by atoms with van der Waals surface area (Å²) in [5.74, 6) is 0.370. The molecule has 2 aromatic heterocycles. The van der Waals surface area contributed by atoms with Gasteiger partial charge in [-0.3, -0.25) is 9.78 Å². The van der Waals surface area contributed by atoms with Crippen molar-refractivity contribution >= 4 is 28.4 Å². The first-order valence-electron chi connectivity index (χ1n) is 9.19. The molecule has 146 valence electrons. The second kappa shape index (κ2) is 9.30. The SMILES string of the molecule is CCOC(CNC(=O)C1CC(Oc2nc(Cl)cc3ncccc23)C1)OCC. The number of amides is 1. The van der Waals surface area contributed by atoms with Crippen molar-refractivity contribution in [2.75, 3.05) is 19.8 Å². The third-order valence-corrected chi connectivity index (χ3v) is 4.62. The highest BCUT2D eigenvalue weighted by atomic mass is 35.5. The number of carbonyl (C=O) groups is 1. The first kappa shape index (κ1) is 19.8. The smallest absolute Gasteiger partial charge is 0.224 e. The first-order chi connectivity index (χ1) is 13.1. The fourth-order valence-corrected chi connectivity index (χ4v) is 3.19. The average molecular weight is 394 g/mol. The number of halogens is 1. The summed E-state index contributed by atoms with van der Waals surface area (Å²) in [6, 6.07) is 5.42. The maximum atomic E-state index is 12.3. The van der Waals surface area contributed by atoms with Gasteiger partial charge in [-0.25, -0.2) is 4.98 Å². The van der Waals surface area contributed by atoms with E-state index in [9.17, 15) is 4.79 Å². The van der Waals surface area contributed by atoms with Crippen molar-refractivity contribution in [3.63, 3.8) is 0 Å². The van der Waals surface area contributed by atoms with E-state index in [2.05, 4.69) is 15.3 Å². The van der Waals surface area contributed by atoms with Crippen molar-refractivity contribution in [1.82, 2.24) is 15.3 Å². The topological polar surface area (TPSA) is 82.6 Å². The lowest BCUT2D eigenvalue weighted by atomic mass is 9.81. The molecule has 0 atom stereocenters. The van der Waals surface area contributed by atoms with E-state index >= 15 is 0 Å². The fraction of sp³-hybridized carbons (Fsp3) is 0.526. The van der Waals surface area contributed by atoms with Crippen LogP contribution in [-0.4, -0.2) is 48.0 Å². The van der Waals surface area contributed by atoms with Gasteiger partial charge in [0.1, 0.15) is 11.3 Å². The standard InChI is InChI=1S/C19H24ClN3O4/c1-3-25-17(26-4-2)11-22-18(24)12-8-13(9-12)27-19-14-6-5-7-21-15(14)10-16(20)23-19/h5-7,10,12-13,17H,3-4,8-9,11H2,1-2H3,(H,22,24). The highest BCUT2D eigenvalue weighted by Crippen LogP contribution is 2.34. The number of fused-ring (bicyclic) bond motifs is 1. The van der Waals surface area contributed by atoms with Gasteiger partial charge in [-0.1, -0.05) is 11.6 Å². The first-order valence-corrected chi connectivity index (χ1v) is 9.57. The number of pyridine rings is 2. The molecule has 3 rings (SSSR count). The lowest BCUT2D eigenvalue weighted by Gasteiger charge is -2.34. The normalized spacial score (nSPS) is 19.1. The largest absolute Gasteiger partial charge is 0.474 e. The van der Waals surface area contributed by atoms with Crippen LogP contribution in [0.4, 0.5) is 0 Å². The molecule has 27 heavy (non-hydrogen) atoms. The molecule has 2 heterocycles. The molecule has 7 nitrogen and oxygen atoms in total. The Hall–Kier alpha value is -1.96. The minimum absolute atomic E-state index is 0.00941. The number of aromatic nitrogens is 2. The molecule has 1 aliphatic carbocycles. The highest BCUT2D eigenvalue weighted by Gasteiger charge is 2.36. The minimum Gasteiger partial charge on any atom is -0.474 e. The van der Waals surface area contributed by atoms with Crippen LogP contribution in [0.5, 0.6) is 5.88 Å². The summed E-state index contributed by atoms with van der Waals surface area (Å²) in [6.45, 7) is 5.20. The van der Waals surface area contributed by atoms with Crippen molar-refractivity contribution < 1.29 is 19.0 Å². The fourth-order valence-electron chi connectivity index (χ4n) is 3.01. The molecule has 8 heteroatoms. The molecule has 1 amide bonds. The molecule has 1 saturated carbocycles. The van der Waals surface area contributed by atoms with Gasteiger partial charge in [0, 0.05) is 31.4 Å². The monoisotopic (exact) mass is 393 g/mol. The molecule has 1 aliphatic rings. The predicted molar refractivity (Wildman–Crippen MR) is 102 cm³/mol. The van der Waals surface area contributed by atoms with E-state index in [1.54, 1.807) is 12.3 Å². The lowest BCUT2D eigenvalue weighted by molar-refractivity contribution is -0.145. The van der Waals surface area contributed by atoms with Crippen LogP contribution in [-0.2, 0) is 14.3 Å². The van der Waals surface area contributed by atoms with E-state index in [-0.39, 0.29) is 17.9 Å². The number of nitrogens with zero attached hydrogens (tertiary/aromatic N) is 2. The molecule has 0 unspecified atom stereocenters. The molecule has 0 aromatic carbocycles. The van der Waals surface area contributed by atoms with Crippen molar-refractivity contribution in [2.24, 2.45) is 5.92 Å². The zero-order valence-corrected chi connectivity index (χ0v) is 16.2. The van der Waals surface area contributed by atoms with Gasteiger partial charge < -0.3 is 19.5 Å². The summed E-state index contributed by atoms with van der Waals surface area (Å²) in [5.41, 5.74) is 0.735. The Bertz CT molecular complexity index is 777. The second-order valence-electron chi connectivity index (χ2n) is 6.31.